The van der Waals surface area contributed by atoms with Crippen molar-refractivity contribution >= 4 is 5.78 Å². The number of carbonyl (C=O) groups excluding carboxylic acids is 1. The molecule has 5 nitrogen and oxygen atoms in total. The highest BCUT2D eigenvalue weighted by molar-refractivity contribution is 6.22. The van der Waals surface area contributed by atoms with E-state index in [4.69, 9.17) is 14.5 Å². The zero-order valence-electron chi connectivity index (χ0n) is 19.3. The number of rotatable bonds is 5. The predicted molar refractivity (Wildman–Crippen MR) is 137 cm³/mol. The molecule has 1 N–H and O–H groups in total. The molecule has 0 saturated heterocycles. The van der Waals surface area contributed by atoms with Crippen molar-refractivity contribution in [2.24, 2.45) is 0 Å². The second-order valence-electron chi connectivity index (χ2n) is 8.38. The van der Waals surface area contributed by atoms with Crippen molar-refractivity contribution in [3.63, 3.8) is 0 Å². The second kappa shape index (κ2) is 8.29. The standard InChI is InChI=1S/C30H22N2O3/c1-34-20-13-15-24(26(17-20)35-2)30-31-27(18-8-4-3-5-9-18)28(32-30)19-12-14-22-21-10-6-7-11-23(21)29(33)25(22)16-19/h3-17H,1-2H3,(H,31,32). The molecule has 0 radical (unpaired) electrons. The van der Waals surface area contributed by atoms with E-state index in [1.165, 1.54) is 0 Å². The number of aromatic nitrogens is 2. The van der Waals surface area contributed by atoms with Crippen molar-refractivity contribution in [1.82, 2.24) is 9.97 Å². The minimum absolute atomic E-state index is 0.0475. The predicted octanol–water partition coefficient (Wildman–Crippen LogP) is 6.64. The van der Waals surface area contributed by atoms with Crippen LogP contribution in [0.2, 0.25) is 0 Å². The monoisotopic (exact) mass is 458 g/mol. The third kappa shape index (κ3) is 3.40. The van der Waals surface area contributed by atoms with Gasteiger partial charge in [0.05, 0.1) is 31.2 Å². The van der Waals surface area contributed by atoms with Crippen LogP contribution in [0.5, 0.6) is 11.5 Å². The Morgan fingerprint density at radius 1 is 0.657 bits per heavy atom. The van der Waals surface area contributed by atoms with Crippen LogP contribution >= 0.6 is 0 Å². The first kappa shape index (κ1) is 20.9. The van der Waals surface area contributed by atoms with Crippen LogP contribution in [0, 0.1) is 0 Å². The van der Waals surface area contributed by atoms with E-state index in [0.29, 0.717) is 22.9 Å². The zero-order chi connectivity index (χ0) is 23.9. The molecule has 0 fully saturated rings. The van der Waals surface area contributed by atoms with E-state index >= 15 is 0 Å². The van der Waals surface area contributed by atoms with Crippen LogP contribution < -0.4 is 9.47 Å². The SMILES string of the molecule is COc1ccc(-c2nc(-c3ccc4c(c3)C(=O)c3ccccc3-4)c(-c3ccccc3)[nH]2)c(OC)c1. The van der Waals surface area contributed by atoms with Gasteiger partial charge in [-0.25, -0.2) is 4.98 Å². The average Bonchev–Trinajstić information content (AvgIpc) is 3.49. The third-order valence-electron chi connectivity index (χ3n) is 6.43. The Balaban J connectivity index is 1.53. The van der Waals surface area contributed by atoms with E-state index in [0.717, 1.165) is 44.8 Å². The van der Waals surface area contributed by atoms with Gasteiger partial charge in [-0.2, -0.15) is 0 Å². The highest BCUT2D eigenvalue weighted by Crippen LogP contribution is 2.41. The van der Waals surface area contributed by atoms with Crippen molar-refractivity contribution in [1.29, 1.82) is 0 Å². The van der Waals surface area contributed by atoms with E-state index in [-0.39, 0.29) is 5.78 Å². The largest absolute Gasteiger partial charge is 0.497 e. The van der Waals surface area contributed by atoms with Crippen LogP contribution in [0.3, 0.4) is 0 Å². The number of ether oxygens (including phenoxy) is 2. The Hall–Kier alpha value is -4.64. The molecule has 1 aliphatic rings. The number of hydrogen-bond donors (Lipinski definition) is 1. The van der Waals surface area contributed by atoms with Gasteiger partial charge in [0.1, 0.15) is 17.3 Å². The van der Waals surface area contributed by atoms with E-state index in [9.17, 15) is 4.79 Å². The Morgan fingerprint density at radius 2 is 1.37 bits per heavy atom. The molecule has 1 aliphatic carbocycles. The summed E-state index contributed by atoms with van der Waals surface area (Å²) >= 11 is 0. The lowest BCUT2D eigenvalue weighted by Crippen LogP contribution is -1.95. The van der Waals surface area contributed by atoms with E-state index in [1.807, 2.05) is 91.0 Å². The maximum atomic E-state index is 13.1. The van der Waals surface area contributed by atoms with Crippen LogP contribution in [-0.4, -0.2) is 30.0 Å². The molecule has 0 unspecified atom stereocenters. The molecule has 4 aromatic carbocycles. The maximum Gasteiger partial charge on any atom is 0.194 e. The molecule has 0 bridgehead atoms. The van der Waals surface area contributed by atoms with Gasteiger partial charge in [-0.05, 0) is 29.3 Å². The highest BCUT2D eigenvalue weighted by atomic mass is 16.5. The van der Waals surface area contributed by atoms with Gasteiger partial charge in [-0.3, -0.25) is 4.79 Å². The van der Waals surface area contributed by atoms with Crippen molar-refractivity contribution in [2.75, 3.05) is 14.2 Å². The summed E-state index contributed by atoms with van der Waals surface area (Å²) in [4.78, 5) is 21.6. The maximum absolute atomic E-state index is 13.1. The molecule has 5 aromatic rings. The molecule has 170 valence electrons. The topological polar surface area (TPSA) is 64.2 Å². The number of fused-ring (bicyclic) bond motifs is 3. The highest BCUT2D eigenvalue weighted by Gasteiger charge is 2.27. The molecular formula is C30H22N2O3. The molecule has 1 heterocycles. The van der Waals surface area contributed by atoms with Crippen LogP contribution in [0.25, 0.3) is 45.0 Å². The number of ketones is 1. The fourth-order valence-electron chi connectivity index (χ4n) is 4.69. The summed E-state index contributed by atoms with van der Waals surface area (Å²) in [6.45, 7) is 0. The summed E-state index contributed by atoms with van der Waals surface area (Å²) in [5, 5.41) is 0. The number of nitrogens with one attached hydrogen (secondary N) is 1. The van der Waals surface area contributed by atoms with Gasteiger partial charge in [0.25, 0.3) is 0 Å². The van der Waals surface area contributed by atoms with Crippen molar-refractivity contribution in [3.05, 3.63) is 102 Å². The quantitative estimate of drug-likeness (QED) is 0.315. The Bertz CT molecular complexity index is 1590. The summed E-state index contributed by atoms with van der Waals surface area (Å²) in [5.74, 6) is 2.08. The van der Waals surface area contributed by atoms with Crippen molar-refractivity contribution < 1.29 is 14.3 Å². The summed E-state index contributed by atoms with van der Waals surface area (Å²) in [6.07, 6.45) is 0. The van der Waals surface area contributed by atoms with Gasteiger partial charge in [0.15, 0.2) is 5.78 Å². The first-order chi connectivity index (χ1) is 17.2. The van der Waals surface area contributed by atoms with E-state index in [1.54, 1.807) is 14.2 Å². The minimum Gasteiger partial charge on any atom is -0.497 e. The zero-order valence-corrected chi connectivity index (χ0v) is 19.3. The Kier molecular flexibility index (Phi) is 4.96. The summed E-state index contributed by atoms with van der Waals surface area (Å²) < 4.78 is 11.0. The van der Waals surface area contributed by atoms with Crippen LogP contribution in [0.15, 0.2) is 91.0 Å². The number of carbonyl (C=O) groups is 1. The molecule has 0 aliphatic heterocycles. The average molecular weight is 459 g/mol. The van der Waals surface area contributed by atoms with E-state index < -0.39 is 0 Å². The number of hydrogen-bond acceptors (Lipinski definition) is 4. The summed E-state index contributed by atoms with van der Waals surface area (Å²) in [6, 6.07) is 29.5. The molecule has 0 spiro atoms. The lowest BCUT2D eigenvalue weighted by molar-refractivity contribution is 0.104. The van der Waals surface area contributed by atoms with Gasteiger partial charge < -0.3 is 14.5 Å². The molecule has 1 aromatic heterocycles. The normalized spacial score (nSPS) is 11.8. The van der Waals surface area contributed by atoms with Crippen LogP contribution in [-0.2, 0) is 0 Å². The minimum atomic E-state index is 0.0475. The van der Waals surface area contributed by atoms with Gasteiger partial charge in [0.2, 0.25) is 0 Å². The number of aromatic amines is 1. The number of nitrogens with zero attached hydrogens (tertiary/aromatic N) is 1. The first-order valence-corrected chi connectivity index (χ1v) is 11.3. The number of methoxy groups -OCH3 is 2. The van der Waals surface area contributed by atoms with E-state index in [2.05, 4.69) is 4.98 Å². The molecule has 5 heteroatoms. The molecule has 35 heavy (non-hydrogen) atoms. The van der Waals surface area contributed by atoms with Gasteiger partial charge in [0, 0.05) is 28.3 Å². The fraction of sp³-hybridized carbons (Fsp3) is 0.0667. The smallest absolute Gasteiger partial charge is 0.194 e. The lowest BCUT2D eigenvalue weighted by Gasteiger charge is -2.08. The summed E-state index contributed by atoms with van der Waals surface area (Å²) in [7, 11) is 3.25. The van der Waals surface area contributed by atoms with Crippen molar-refractivity contribution in [3.8, 4) is 56.5 Å². The van der Waals surface area contributed by atoms with Gasteiger partial charge in [-0.1, -0.05) is 66.7 Å². The third-order valence-corrected chi connectivity index (χ3v) is 6.43. The molecular weight excluding hydrogens is 436 g/mol. The fourth-order valence-corrected chi connectivity index (χ4v) is 4.69. The summed E-state index contributed by atoms with van der Waals surface area (Å²) in [5.41, 5.74) is 7.74. The molecule has 0 amide bonds. The van der Waals surface area contributed by atoms with Gasteiger partial charge in [-0.15, -0.1) is 0 Å². The molecule has 0 saturated carbocycles. The van der Waals surface area contributed by atoms with Gasteiger partial charge >= 0.3 is 0 Å². The number of H-pyrrole nitrogens is 1. The molecule has 0 atom stereocenters. The van der Waals surface area contributed by atoms with Crippen LogP contribution in [0.1, 0.15) is 15.9 Å². The number of imidazole rings is 1. The first-order valence-electron chi connectivity index (χ1n) is 11.3. The van der Waals surface area contributed by atoms with Crippen LogP contribution in [0.4, 0.5) is 0 Å². The second-order valence-corrected chi connectivity index (χ2v) is 8.38. The lowest BCUT2D eigenvalue weighted by atomic mass is 9.99. The number of benzene rings is 4. The Morgan fingerprint density at radius 3 is 2.14 bits per heavy atom. The van der Waals surface area contributed by atoms with Crippen molar-refractivity contribution in [2.45, 2.75) is 0 Å². The Labute approximate surface area is 203 Å². The molecule has 6 rings (SSSR count).